The molecule has 1 aromatic heterocycles. The highest BCUT2D eigenvalue weighted by molar-refractivity contribution is 5.77. The summed E-state index contributed by atoms with van der Waals surface area (Å²) in [5, 5.41) is 0. The third-order valence-corrected chi connectivity index (χ3v) is 6.51. The quantitative estimate of drug-likeness (QED) is 0.369. The molecule has 2 heterocycles. The standard InChI is InChI=1S/C27H30N4O2/c1-3-33-26(32)27(17-22-7-5-4-6-8-22)13-15-30(16-14-27)20-25-18-29-21-31(25)19-23-9-11-24(28-2)12-10-23/h4-12,18,21H,3,13-17,19-20H2,1H3. The number of nitrogens with zero attached hydrogens (tertiary/aromatic N) is 4. The van der Waals surface area contributed by atoms with Crippen molar-refractivity contribution in [3.63, 3.8) is 0 Å². The second-order valence-corrected chi connectivity index (χ2v) is 8.73. The Morgan fingerprint density at radius 2 is 1.79 bits per heavy atom. The molecular weight excluding hydrogens is 412 g/mol. The largest absolute Gasteiger partial charge is 0.466 e. The second-order valence-electron chi connectivity index (χ2n) is 8.73. The zero-order valence-corrected chi connectivity index (χ0v) is 19.1. The highest BCUT2D eigenvalue weighted by atomic mass is 16.5. The van der Waals surface area contributed by atoms with Crippen molar-refractivity contribution in [1.29, 1.82) is 0 Å². The molecule has 1 aliphatic heterocycles. The van der Waals surface area contributed by atoms with Crippen LogP contribution in [-0.4, -0.2) is 40.1 Å². The van der Waals surface area contributed by atoms with Gasteiger partial charge in [-0.05, 0) is 50.4 Å². The second kappa shape index (κ2) is 10.5. The van der Waals surface area contributed by atoms with E-state index in [-0.39, 0.29) is 5.97 Å². The van der Waals surface area contributed by atoms with E-state index in [0.717, 1.165) is 56.7 Å². The Balaban J connectivity index is 1.41. The molecule has 33 heavy (non-hydrogen) atoms. The summed E-state index contributed by atoms with van der Waals surface area (Å²) in [4.78, 5) is 23.2. The van der Waals surface area contributed by atoms with Crippen molar-refractivity contribution in [2.24, 2.45) is 5.41 Å². The van der Waals surface area contributed by atoms with Crippen LogP contribution in [0.4, 0.5) is 5.69 Å². The van der Waals surface area contributed by atoms with E-state index in [4.69, 9.17) is 11.3 Å². The number of benzene rings is 2. The molecule has 2 aromatic carbocycles. The van der Waals surface area contributed by atoms with Crippen LogP contribution in [-0.2, 0) is 29.0 Å². The lowest BCUT2D eigenvalue weighted by atomic mass is 9.73. The summed E-state index contributed by atoms with van der Waals surface area (Å²) in [7, 11) is 0. The number of hydrogen-bond donors (Lipinski definition) is 0. The SMILES string of the molecule is [C-]#[N+]c1ccc(Cn2cncc2CN2CCC(Cc3ccccc3)(C(=O)OCC)CC2)cc1. The minimum absolute atomic E-state index is 0.0681. The first-order valence-electron chi connectivity index (χ1n) is 11.5. The topological polar surface area (TPSA) is 51.7 Å². The van der Waals surface area contributed by atoms with Crippen LogP contribution in [0.25, 0.3) is 4.85 Å². The average molecular weight is 443 g/mol. The fraction of sp³-hybridized carbons (Fsp3) is 0.370. The van der Waals surface area contributed by atoms with E-state index in [9.17, 15) is 4.79 Å². The number of rotatable bonds is 8. The Labute approximate surface area is 195 Å². The van der Waals surface area contributed by atoms with E-state index < -0.39 is 5.41 Å². The molecule has 0 saturated carbocycles. The third-order valence-electron chi connectivity index (χ3n) is 6.51. The van der Waals surface area contributed by atoms with Crippen LogP contribution < -0.4 is 0 Å². The summed E-state index contributed by atoms with van der Waals surface area (Å²) < 4.78 is 7.67. The number of likely N-dealkylation sites (tertiary alicyclic amines) is 1. The minimum atomic E-state index is -0.460. The predicted molar refractivity (Wildman–Crippen MR) is 128 cm³/mol. The Kier molecular flexibility index (Phi) is 7.21. The first-order valence-corrected chi connectivity index (χ1v) is 11.5. The molecule has 0 spiro atoms. The zero-order valence-electron chi connectivity index (χ0n) is 19.1. The summed E-state index contributed by atoms with van der Waals surface area (Å²) in [6.07, 6.45) is 6.07. The summed E-state index contributed by atoms with van der Waals surface area (Å²) >= 11 is 0. The fourth-order valence-electron chi connectivity index (χ4n) is 4.59. The number of imidazole rings is 1. The van der Waals surface area contributed by atoms with Crippen LogP contribution in [0.3, 0.4) is 0 Å². The molecule has 6 heteroatoms. The number of aromatic nitrogens is 2. The molecule has 170 valence electrons. The molecule has 0 N–H and O–H groups in total. The number of carbonyl (C=O) groups excluding carboxylic acids is 1. The van der Waals surface area contributed by atoms with Gasteiger partial charge in [0.15, 0.2) is 5.69 Å². The van der Waals surface area contributed by atoms with Gasteiger partial charge in [0.1, 0.15) is 0 Å². The molecule has 0 bridgehead atoms. The van der Waals surface area contributed by atoms with Crippen LogP contribution in [0.2, 0.25) is 0 Å². The Morgan fingerprint density at radius 1 is 1.06 bits per heavy atom. The monoisotopic (exact) mass is 442 g/mol. The molecular formula is C27H30N4O2. The van der Waals surface area contributed by atoms with Gasteiger partial charge >= 0.3 is 5.97 Å². The Morgan fingerprint density at radius 3 is 2.45 bits per heavy atom. The molecule has 0 aliphatic carbocycles. The van der Waals surface area contributed by atoms with E-state index in [0.29, 0.717) is 12.3 Å². The van der Waals surface area contributed by atoms with Crippen molar-refractivity contribution in [3.8, 4) is 0 Å². The van der Waals surface area contributed by atoms with Gasteiger partial charge in [0, 0.05) is 19.3 Å². The first-order chi connectivity index (χ1) is 16.1. The van der Waals surface area contributed by atoms with Crippen LogP contribution in [0, 0.1) is 12.0 Å². The van der Waals surface area contributed by atoms with Gasteiger partial charge in [-0.1, -0.05) is 54.6 Å². The maximum Gasteiger partial charge on any atom is 0.312 e. The van der Waals surface area contributed by atoms with Crippen molar-refractivity contribution >= 4 is 11.7 Å². The normalized spacial score (nSPS) is 15.6. The minimum Gasteiger partial charge on any atom is -0.466 e. The maximum absolute atomic E-state index is 13.0. The number of piperidine rings is 1. The summed E-state index contributed by atoms with van der Waals surface area (Å²) in [5.74, 6) is -0.0681. The molecule has 3 aromatic rings. The zero-order chi connectivity index (χ0) is 23.1. The van der Waals surface area contributed by atoms with Crippen LogP contribution in [0.5, 0.6) is 0 Å². The van der Waals surface area contributed by atoms with Gasteiger partial charge in [0.25, 0.3) is 0 Å². The Bertz CT molecular complexity index is 1090. The average Bonchev–Trinajstić information content (AvgIpc) is 3.28. The molecule has 0 atom stereocenters. The molecule has 1 aliphatic rings. The van der Waals surface area contributed by atoms with Gasteiger partial charge in [-0.15, -0.1) is 0 Å². The number of hydrogen-bond acceptors (Lipinski definition) is 4. The van der Waals surface area contributed by atoms with Gasteiger partial charge in [-0.25, -0.2) is 9.83 Å². The highest BCUT2D eigenvalue weighted by Gasteiger charge is 2.42. The lowest BCUT2D eigenvalue weighted by molar-refractivity contribution is -0.158. The number of carbonyl (C=O) groups is 1. The van der Waals surface area contributed by atoms with E-state index in [1.807, 2.05) is 61.9 Å². The van der Waals surface area contributed by atoms with Crippen LogP contribution >= 0.6 is 0 Å². The fourth-order valence-corrected chi connectivity index (χ4v) is 4.59. The third kappa shape index (κ3) is 5.50. The van der Waals surface area contributed by atoms with E-state index in [1.165, 1.54) is 5.56 Å². The molecule has 0 unspecified atom stereocenters. The molecule has 0 radical (unpaired) electrons. The number of ether oxygens (including phenoxy) is 1. The van der Waals surface area contributed by atoms with E-state index in [1.54, 1.807) is 0 Å². The lowest BCUT2D eigenvalue weighted by Gasteiger charge is -2.40. The maximum atomic E-state index is 13.0. The smallest absolute Gasteiger partial charge is 0.312 e. The van der Waals surface area contributed by atoms with Gasteiger partial charge in [-0.3, -0.25) is 9.69 Å². The van der Waals surface area contributed by atoms with Gasteiger partial charge in [0.05, 0.1) is 30.6 Å². The van der Waals surface area contributed by atoms with Gasteiger partial charge in [0.2, 0.25) is 0 Å². The van der Waals surface area contributed by atoms with Crippen molar-refractivity contribution < 1.29 is 9.53 Å². The van der Waals surface area contributed by atoms with Crippen LogP contribution in [0.1, 0.15) is 36.6 Å². The Hall–Kier alpha value is -3.43. The van der Waals surface area contributed by atoms with Crippen LogP contribution in [0.15, 0.2) is 67.1 Å². The predicted octanol–water partition coefficient (Wildman–Crippen LogP) is 4.87. The van der Waals surface area contributed by atoms with E-state index >= 15 is 0 Å². The highest BCUT2D eigenvalue weighted by Crippen LogP contribution is 2.37. The van der Waals surface area contributed by atoms with Crippen molar-refractivity contribution in [2.45, 2.75) is 39.3 Å². The summed E-state index contributed by atoms with van der Waals surface area (Å²) in [6, 6.07) is 17.9. The molecule has 0 amide bonds. The van der Waals surface area contributed by atoms with E-state index in [2.05, 4.69) is 31.4 Å². The summed E-state index contributed by atoms with van der Waals surface area (Å²) in [5.41, 5.74) is 3.67. The molecule has 1 saturated heterocycles. The lowest BCUT2D eigenvalue weighted by Crippen LogP contribution is -2.46. The summed E-state index contributed by atoms with van der Waals surface area (Å²) in [6.45, 7) is 12.6. The number of esters is 1. The van der Waals surface area contributed by atoms with Gasteiger partial charge in [-0.2, -0.15) is 0 Å². The molecule has 6 nitrogen and oxygen atoms in total. The van der Waals surface area contributed by atoms with Crippen molar-refractivity contribution in [2.75, 3.05) is 19.7 Å². The molecule has 1 fully saturated rings. The van der Waals surface area contributed by atoms with Gasteiger partial charge < -0.3 is 9.30 Å². The first kappa shape index (κ1) is 22.8. The van der Waals surface area contributed by atoms with Crippen molar-refractivity contribution in [3.05, 3.63) is 95.4 Å². The molecule has 4 rings (SSSR count). The van der Waals surface area contributed by atoms with Crippen molar-refractivity contribution in [1.82, 2.24) is 14.5 Å².